The molecule has 0 saturated heterocycles. The summed E-state index contributed by atoms with van der Waals surface area (Å²) in [5.41, 5.74) is 3.07. The molecule has 0 bridgehead atoms. The van der Waals surface area contributed by atoms with Crippen molar-refractivity contribution in [2.45, 2.75) is 19.4 Å². The van der Waals surface area contributed by atoms with Crippen LogP contribution in [0.3, 0.4) is 0 Å². The second-order valence-corrected chi connectivity index (χ2v) is 7.02. The molecule has 2 aromatic rings. The fourth-order valence-corrected chi connectivity index (χ4v) is 3.27. The summed E-state index contributed by atoms with van der Waals surface area (Å²) in [5, 5.41) is 6.13. The summed E-state index contributed by atoms with van der Waals surface area (Å²) in [4.78, 5) is 11.9. The van der Waals surface area contributed by atoms with Gasteiger partial charge < -0.3 is 0 Å². The van der Waals surface area contributed by atoms with Gasteiger partial charge in [-0.05, 0) is 35.4 Å². The Morgan fingerprint density at radius 3 is 2.50 bits per heavy atom. The van der Waals surface area contributed by atoms with E-state index < -0.39 is 0 Å². The van der Waals surface area contributed by atoms with Gasteiger partial charge in [0.1, 0.15) is 0 Å². The molecule has 0 radical (unpaired) electrons. The molecule has 0 N–H and O–H groups in total. The standard InChI is InChI=1S/C17H14Br2N2O/c1-11(22)21-17(13-3-2-4-15(19)9-13)10-16(20-21)12-5-7-14(18)8-6-12/h2-9,17H,10H2,1H3/t17-/m1/s1. The van der Waals surface area contributed by atoms with Crippen LogP contribution in [0.5, 0.6) is 0 Å². The van der Waals surface area contributed by atoms with E-state index >= 15 is 0 Å². The summed E-state index contributed by atoms with van der Waals surface area (Å²) < 4.78 is 2.03. The minimum atomic E-state index is -0.0475. The van der Waals surface area contributed by atoms with Crippen molar-refractivity contribution in [3.63, 3.8) is 0 Å². The van der Waals surface area contributed by atoms with Crippen molar-refractivity contribution in [3.05, 3.63) is 68.6 Å². The van der Waals surface area contributed by atoms with Crippen LogP contribution < -0.4 is 0 Å². The quantitative estimate of drug-likeness (QED) is 0.677. The number of halogens is 2. The van der Waals surface area contributed by atoms with E-state index in [1.165, 1.54) is 0 Å². The highest BCUT2D eigenvalue weighted by molar-refractivity contribution is 9.10. The van der Waals surface area contributed by atoms with Crippen LogP contribution in [0.25, 0.3) is 0 Å². The summed E-state index contributed by atoms with van der Waals surface area (Å²) in [6.07, 6.45) is 0.720. The van der Waals surface area contributed by atoms with Gasteiger partial charge in [0.25, 0.3) is 0 Å². The monoisotopic (exact) mass is 420 g/mol. The summed E-state index contributed by atoms with van der Waals surface area (Å²) in [7, 11) is 0. The van der Waals surface area contributed by atoms with E-state index in [9.17, 15) is 4.79 Å². The largest absolute Gasteiger partial charge is 0.273 e. The first kappa shape index (κ1) is 15.4. The third kappa shape index (κ3) is 3.15. The molecule has 1 aliphatic heterocycles. The summed E-state index contributed by atoms with van der Waals surface area (Å²) >= 11 is 6.92. The second kappa shape index (κ2) is 6.34. The predicted molar refractivity (Wildman–Crippen MR) is 94.7 cm³/mol. The predicted octanol–water partition coefficient (Wildman–Crippen LogP) is 4.91. The normalized spacial score (nSPS) is 17.5. The van der Waals surface area contributed by atoms with E-state index in [-0.39, 0.29) is 11.9 Å². The molecule has 0 saturated carbocycles. The Kier molecular flexibility index (Phi) is 4.45. The van der Waals surface area contributed by atoms with Crippen molar-refractivity contribution < 1.29 is 4.79 Å². The van der Waals surface area contributed by atoms with Crippen LogP contribution in [-0.2, 0) is 4.79 Å². The van der Waals surface area contributed by atoms with Gasteiger partial charge in [0.2, 0.25) is 5.91 Å². The number of amides is 1. The number of nitrogens with zero attached hydrogens (tertiary/aromatic N) is 2. The van der Waals surface area contributed by atoms with E-state index in [1.54, 1.807) is 11.9 Å². The highest BCUT2D eigenvalue weighted by Gasteiger charge is 2.31. The van der Waals surface area contributed by atoms with Crippen LogP contribution >= 0.6 is 31.9 Å². The maximum Gasteiger partial charge on any atom is 0.240 e. The van der Waals surface area contributed by atoms with Gasteiger partial charge in [-0.1, -0.05) is 56.1 Å². The molecule has 0 unspecified atom stereocenters. The first-order valence-corrected chi connectivity index (χ1v) is 8.52. The van der Waals surface area contributed by atoms with Crippen LogP contribution in [0.1, 0.15) is 30.5 Å². The zero-order valence-corrected chi connectivity index (χ0v) is 15.1. The van der Waals surface area contributed by atoms with Crippen molar-refractivity contribution in [1.29, 1.82) is 0 Å². The fourth-order valence-electron chi connectivity index (χ4n) is 2.59. The Labute approximate surface area is 146 Å². The molecule has 5 heteroatoms. The first-order valence-electron chi connectivity index (χ1n) is 6.93. The van der Waals surface area contributed by atoms with Gasteiger partial charge in [0.05, 0.1) is 11.8 Å². The van der Waals surface area contributed by atoms with Crippen LogP contribution in [0.15, 0.2) is 62.6 Å². The topological polar surface area (TPSA) is 32.7 Å². The Morgan fingerprint density at radius 2 is 1.86 bits per heavy atom. The van der Waals surface area contributed by atoms with E-state index in [1.807, 2.05) is 48.5 Å². The number of carbonyl (C=O) groups excluding carboxylic acids is 1. The van der Waals surface area contributed by atoms with Gasteiger partial charge in [-0.2, -0.15) is 5.10 Å². The lowest BCUT2D eigenvalue weighted by Crippen LogP contribution is -2.24. The summed E-state index contributed by atoms with van der Waals surface area (Å²) in [5.74, 6) is -0.0444. The molecule has 0 spiro atoms. The lowest BCUT2D eigenvalue weighted by Gasteiger charge is -2.20. The SMILES string of the molecule is CC(=O)N1N=C(c2ccc(Br)cc2)C[C@@H]1c1cccc(Br)c1. The lowest BCUT2D eigenvalue weighted by molar-refractivity contribution is -0.130. The molecule has 2 aromatic carbocycles. The minimum absolute atomic E-state index is 0.0444. The van der Waals surface area contributed by atoms with Gasteiger partial charge in [-0.3, -0.25) is 4.79 Å². The fraction of sp³-hybridized carbons (Fsp3) is 0.176. The molecule has 1 heterocycles. The van der Waals surface area contributed by atoms with Gasteiger partial charge in [-0.15, -0.1) is 0 Å². The third-order valence-electron chi connectivity index (χ3n) is 3.64. The van der Waals surface area contributed by atoms with Gasteiger partial charge in [0, 0.05) is 22.3 Å². The molecule has 22 heavy (non-hydrogen) atoms. The second-order valence-electron chi connectivity index (χ2n) is 5.19. The Bertz CT molecular complexity index is 741. The van der Waals surface area contributed by atoms with Crippen molar-refractivity contribution in [2.75, 3.05) is 0 Å². The van der Waals surface area contributed by atoms with Crippen LogP contribution in [0, 0.1) is 0 Å². The highest BCUT2D eigenvalue weighted by Crippen LogP contribution is 2.33. The Morgan fingerprint density at radius 1 is 1.14 bits per heavy atom. The van der Waals surface area contributed by atoms with E-state index in [0.717, 1.165) is 32.2 Å². The zero-order chi connectivity index (χ0) is 15.7. The molecule has 1 amide bonds. The number of benzene rings is 2. The van der Waals surface area contributed by atoms with Gasteiger partial charge >= 0.3 is 0 Å². The maximum atomic E-state index is 11.9. The Balaban J connectivity index is 1.94. The average Bonchev–Trinajstić information content (AvgIpc) is 2.93. The smallest absolute Gasteiger partial charge is 0.240 e. The molecule has 0 aliphatic carbocycles. The number of hydrogen-bond donors (Lipinski definition) is 0. The van der Waals surface area contributed by atoms with Crippen molar-refractivity contribution in [2.24, 2.45) is 5.10 Å². The summed E-state index contributed by atoms with van der Waals surface area (Å²) in [6, 6.07) is 16.0. The Hall–Kier alpha value is -1.46. The number of hydrazone groups is 1. The van der Waals surface area contributed by atoms with E-state index in [2.05, 4.69) is 37.0 Å². The van der Waals surface area contributed by atoms with Crippen LogP contribution in [0.4, 0.5) is 0 Å². The molecular formula is C17H14Br2N2O. The molecule has 1 atom stereocenters. The molecule has 3 rings (SSSR count). The lowest BCUT2D eigenvalue weighted by atomic mass is 9.98. The minimum Gasteiger partial charge on any atom is -0.273 e. The van der Waals surface area contributed by atoms with Gasteiger partial charge in [0.15, 0.2) is 0 Å². The van der Waals surface area contributed by atoms with Crippen molar-refractivity contribution in [3.8, 4) is 0 Å². The number of carbonyl (C=O) groups is 1. The van der Waals surface area contributed by atoms with Crippen LogP contribution in [-0.4, -0.2) is 16.6 Å². The van der Waals surface area contributed by atoms with Gasteiger partial charge in [-0.25, -0.2) is 5.01 Å². The number of rotatable bonds is 2. The number of hydrogen-bond acceptors (Lipinski definition) is 2. The molecule has 3 nitrogen and oxygen atoms in total. The molecule has 1 aliphatic rings. The van der Waals surface area contributed by atoms with E-state index in [4.69, 9.17) is 0 Å². The highest BCUT2D eigenvalue weighted by atomic mass is 79.9. The zero-order valence-electron chi connectivity index (χ0n) is 12.0. The van der Waals surface area contributed by atoms with Crippen molar-refractivity contribution in [1.82, 2.24) is 5.01 Å². The molecule has 0 aromatic heterocycles. The first-order chi connectivity index (χ1) is 10.5. The van der Waals surface area contributed by atoms with E-state index in [0.29, 0.717) is 0 Å². The van der Waals surface area contributed by atoms with Crippen molar-refractivity contribution >= 4 is 43.5 Å². The summed E-state index contributed by atoms with van der Waals surface area (Å²) in [6.45, 7) is 1.55. The average molecular weight is 422 g/mol. The molecule has 0 fully saturated rings. The molecule has 112 valence electrons. The third-order valence-corrected chi connectivity index (χ3v) is 4.67. The molecular weight excluding hydrogens is 408 g/mol. The van der Waals surface area contributed by atoms with Crippen LogP contribution in [0.2, 0.25) is 0 Å². The maximum absolute atomic E-state index is 11.9.